The molecule has 27 heavy (non-hydrogen) atoms. The number of nitrogens with zero attached hydrogens (tertiary/aromatic N) is 4. The van der Waals surface area contributed by atoms with Gasteiger partial charge in [-0.1, -0.05) is 13.0 Å². The molecule has 3 rings (SSSR count). The molecule has 0 unspecified atom stereocenters. The van der Waals surface area contributed by atoms with Gasteiger partial charge in [-0.05, 0) is 13.3 Å². The number of allylic oxidation sites excluding steroid dienone is 1. The predicted molar refractivity (Wildman–Crippen MR) is 102 cm³/mol. The highest BCUT2D eigenvalue weighted by molar-refractivity contribution is 6.06. The lowest BCUT2D eigenvalue weighted by atomic mass is 10.1. The second kappa shape index (κ2) is 8.03. The molecule has 3 aromatic heterocycles. The Hall–Kier alpha value is -3.16. The van der Waals surface area contributed by atoms with Gasteiger partial charge in [0.15, 0.2) is 0 Å². The summed E-state index contributed by atoms with van der Waals surface area (Å²) in [6, 6.07) is 0. The molecule has 3 aromatic rings. The number of aryl methyl sites for hydroxylation is 3. The van der Waals surface area contributed by atoms with Crippen molar-refractivity contribution >= 4 is 17.0 Å². The number of rotatable bonds is 8. The van der Waals surface area contributed by atoms with E-state index in [9.17, 15) is 9.59 Å². The van der Waals surface area contributed by atoms with Crippen LogP contribution in [0.15, 0.2) is 40.6 Å². The van der Waals surface area contributed by atoms with E-state index in [-0.39, 0.29) is 28.1 Å². The lowest BCUT2D eigenvalue weighted by Crippen LogP contribution is -2.28. The van der Waals surface area contributed by atoms with Gasteiger partial charge in [-0.2, -0.15) is 0 Å². The number of fused-ring (bicyclic) bond motifs is 1. The van der Waals surface area contributed by atoms with Gasteiger partial charge in [0.1, 0.15) is 23.3 Å². The van der Waals surface area contributed by atoms with Crippen molar-refractivity contribution in [3.05, 3.63) is 58.9 Å². The Morgan fingerprint density at radius 1 is 1.37 bits per heavy atom. The Morgan fingerprint density at radius 3 is 2.93 bits per heavy atom. The van der Waals surface area contributed by atoms with Gasteiger partial charge in [0.2, 0.25) is 5.71 Å². The molecule has 0 aliphatic rings. The van der Waals surface area contributed by atoms with Crippen molar-refractivity contribution in [1.29, 1.82) is 0 Å². The Balaban J connectivity index is 1.73. The van der Waals surface area contributed by atoms with Gasteiger partial charge in [0, 0.05) is 38.4 Å². The summed E-state index contributed by atoms with van der Waals surface area (Å²) in [6.45, 7) is 8.91. The zero-order valence-corrected chi connectivity index (χ0v) is 15.6. The molecule has 0 bridgehead atoms. The van der Waals surface area contributed by atoms with Gasteiger partial charge in [-0.15, -0.1) is 6.58 Å². The molecule has 0 saturated carbocycles. The van der Waals surface area contributed by atoms with Gasteiger partial charge in [0.05, 0.1) is 5.56 Å². The number of imidazole rings is 1. The maximum atomic E-state index is 12.7. The number of nitrogens with one attached hydrogen (secondary N) is 1. The summed E-state index contributed by atoms with van der Waals surface area (Å²) in [5.74, 6) is 1.07. The Morgan fingerprint density at radius 2 is 2.19 bits per heavy atom. The molecule has 0 aliphatic carbocycles. The Bertz CT molecular complexity index is 1030. The van der Waals surface area contributed by atoms with Crippen molar-refractivity contribution in [2.45, 2.75) is 39.8 Å². The summed E-state index contributed by atoms with van der Waals surface area (Å²) in [4.78, 5) is 33.7. The van der Waals surface area contributed by atoms with Crippen molar-refractivity contribution in [2.24, 2.45) is 0 Å². The zero-order valence-electron chi connectivity index (χ0n) is 15.6. The molecule has 1 N–H and O–H groups in total. The molecule has 8 heteroatoms. The van der Waals surface area contributed by atoms with Gasteiger partial charge in [0.25, 0.3) is 11.5 Å². The van der Waals surface area contributed by atoms with E-state index in [0.29, 0.717) is 18.8 Å². The van der Waals surface area contributed by atoms with Crippen molar-refractivity contribution in [3.63, 3.8) is 0 Å². The van der Waals surface area contributed by atoms with Crippen molar-refractivity contribution < 1.29 is 9.21 Å². The first-order valence-corrected chi connectivity index (χ1v) is 8.94. The van der Waals surface area contributed by atoms with Crippen LogP contribution in [0.5, 0.6) is 0 Å². The average molecular weight is 369 g/mol. The number of carbonyl (C=O) groups is 1. The molecular weight excluding hydrogens is 346 g/mol. The van der Waals surface area contributed by atoms with Gasteiger partial charge < -0.3 is 14.3 Å². The van der Waals surface area contributed by atoms with Crippen LogP contribution < -0.4 is 10.9 Å². The van der Waals surface area contributed by atoms with Crippen LogP contribution in [-0.2, 0) is 19.5 Å². The van der Waals surface area contributed by atoms with E-state index in [1.54, 1.807) is 19.2 Å². The van der Waals surface area contributed by atoms with Crippen LogP contribution in [0.4, 0.5) is 0 Å². The lowest BCUT2D eigenvalue weighted by Gasteiger charge is -2.08. The van der Waals surface area contributed by atoms with Gasteiger partial charge in [-0.25, -0.2) is 9.97 Å². The SMILES string of the molecule is C=CCn1cnc2oc(C)c(C(=O)NCCCn3ccnc3CC)c2c1=O. The van der Waals surface area contributed by atoms with E-state index < -0.39 is 0 Å². The quantitative estimate of drug-likeness (QED) is 0.484. The van der Waals surface area contributed by atoms with Crippen LogP contribution in [0.2, 0.25) is 0 Å². The minimum atomic E-state index is -0.331. The molecule has 3 heterocycles. The first-order valence-electron chi connectivity index (χ1n) is 8.94. The van der Waals surface area contributed by atoms with Crippen molar-refractivity contribution in [2.75, 3.05) is 6.54 Å². The second-order valence-corrected chi connectivity index (χ2v) is 6.20. The predicted octanol–water partition coefficient (Wildman–Crippen LogP) is 2.06. The first-order chi connectivity index (χ1) is 13.1. The molecule has 142 valence electrons. The summed E-state index contributed by atoms with van der Waals surface area (Å²) in [7, 11) is 0. The molecule has 0 radical (unpaired) electrons. The van der Waals surface area contributed by atoms with Gasteiger partial charge >= 0.3 is 0 Å². The minimum Gasteiger partial charge on any atom is -0.442 e. The number of hydrogen-bond acceptors (Lipinski definition) is 5. The molecular formula is C19H23N5O3. The molecule has 0 aliphatic heterocycles. The number of carbonyl (C=O) groups excluding carboxylic acids is 1. The van der Waals surface area contributed by atoms with Crippen LogP contribution in [0.3, 0.4) is 0 Å². The van der Waals surface area contributed by atoms with E-state index in [4.69, 9.17) is 4.42 Å². The molecule has 0 saturated heterocycles. The highest BCUT2D eigenvalue weighted by Crippen LogP contribution is 2.20. The fourth-order valence-corrected chi connectivity index (χ4v) is 3.08. The first kappa shape index (κ1) is 18.6. The van der Waals surface area contributed by atoms with Crippen LogP contribution in [-0.4, -0.2) is 31.6 Å². The normalized spacial score (nSPS) is 11.0. The average Bonchev–Trinajstić information content (AvgIpc) is 3.24. The van der Waals surface area contributed by atoms with Crippen molar-refractivity contribution in [1.82, 2.24) is 24.4 Å². The maximum absolute atomic E-state index is 12.7. The third-order valence-electron chi connectivity index (χ3n) is 4.39. The summed E-state index contributed by atoms with van der Waals surface area (Å²) < 4.78 is 8.97. The highest BCUT2D eigenvalue weighted by Gasteiger charge is 2.22. The van der Waals surface area contributed by atoms with Crippen LogP contribution in [0.1, 0.15) is 35.3 Å². The molecule has 1 amide bonds. The summed E-state index contributed by atoms with van der Waals surface area (Å²) in [5, 5.41) is 3.07. The molecule has 0 aromatic carbocycles. The lowest BCUT2D eigenvalue weighted by molar-refractivity contribution is 0.0952. The summed E-state index contributed by atoms with van der Waals surface area (Å²) >= 11 is 0. The van der Waals surface area contributed by atoms with Gasteiger partial charge in [-0.3, -0.25) is 14.2 Å². The number of furan rings is 1. The van der Waals surface area contributed by atoms with Crippen LogP contribution in [0.25, 0.3) is 11.1 Å². The van der Waals surface area contributed by atoms with Crippen LogP contribution in [0, 0.1) is 6.92 Å². The number of aromatic nitrogens is 4. The standard InChI is InChI=1S/C19H23N5O3/c1-4-9-24-12-22-18-16(19(24)26)15(13(3)27-18)17(25)21-7-6-10-23-11-8-20-14(23)5-2/h4,8,11-12H,1,5-7,9-10H2,2-3H3,(H,21,25). The largest absolute Gasteiger partial charge is 0.442 e. The fourth-order valence-electron chi connectivity index (χ4n) is 3.08. The Kier molecular flexibility index (Phi) is 5.54. The van der Waals surface area contributed by atoms with Crippen LogP contribution >= 0.6 is 0 Å². The van der Waals surface area contributed by atoms with E-state index in [0.717, 1.165) is 25.2 Å². The molecule has 8 nitrogen and oxygen atoms in total. The summed E-state index contributed by atoms with van der Waals surface area (Å²) in [5.41, 5.74) is 0.111. The number of hydrogen-bond donors (Lipinski definition) is 1. The highest BCUT2D eigenvalue weighted by atomic mass is 16.3. The third-order valence-corrected chi connectivity index (χ3v) is 4.39. The maximum Gasteiger partial charge on any atom is 0.265 e. The molecule has 0 atom stereocenters. The van der Waals surface area contributed by atoms with Crippen molar-refractivity contribution in [3.8, 4) is 0 Å². The third kappa shape index (κ3) is 3.69. The molecule has 0 fully saturated rings. The van der Waals surface area contributed by atoms with E-state index in [1.165, 1.54) is 10.9 Å². The van der Waals surface area contributed by atoms with E-state index >= 15 is 0 Å². The summed E-state index contributed by atoms with van der Waals surface area (Å²) in [6.07, 6.45) is 8.32. The molecule has 0 spiro atoms. The zero-order chi connectivity index (χ0) is 19.4. The second-order valence-electron chi connectivity index (χ2n) is 6.20. The van der Waals surface area contributed by atoms with E-state index in [2.05, 4.69) is 33.4 Å². The monoisotopic (exact) mass is 369 g/mol. The Labute approximate surface area is 156 Å². The van der Waals surface area contributed by atoms with E-state index in [1.807, 2.05) is 6.20 Å². The fraction of sp³-hybridized carbons (Fsp3) is 0.368. The minimum absolute atomic E-state index is 0.175. The number of amides is 1. The smallest absolute Gasteiger partial charge is 0.265 e. The topological polar surface area (TPSA) is 95.0 Å².